The van der Waals surface area contributed by atoms with Crippen molar-refractivity contribution in [1.29, 1.82) is 0 Å². The van der Waals surface area contributed by atoms with Gasteiger partial charge in [-0.3, -0.25) is 9.69 Å². The van der Waals surface area contributed by atoms with Crippen LogP contribution in [0.1, 0.15) is 17.9 Å². The second-order valence-electron chi connectivity index (χ2n) is 5.27. The summed E-state index contributed by atoms with van der Waals surface area (Å²) in [6.45, 7) is 0. The fourth-order valence-electron chi connectivity index (χ4n) is 2.67. The highest BCUT2D eigenvalue weighted by atomic mass is 32.1. The molecule has 1 amide bonds. The number of benzene rings is 1. The summed E-state index contributed by atoms with van der Waals surface area (Å²) in [6, 6.07) is 5.71. The normalized spacial score (nSPS) is 19.6. The van der Waals surface area contributed by atoms with Gasteiger partial charge in [0.25, 0.3) is 0 Å². The molecule has 1 heterocycles. The van der Waals surface area contributed by atoms with Crippen LogP contribution in [0.4, 0.5) is 5.13 Å². The molecule has 3 rings (SSSR count). The van der Waals surface area contributed by atoms with Gasteiger partial charge in [0.05, 0.1) is 14.2 Å². The molecule has 0 aliphatic heterocycles. The third-order valence-electron chi connectivity index (χ3n) is 3.98. The summed E-state index contributed by atoms with van der Waals surface area (Å²) in [7, 11) is 5.06. The van der Waals surface area contributed by atoms with Gasteiger partial charge in [-0.05, 0) is 24.6 Å². The maximum Gasteiger partial charge on any atom is 0.232 e. The summed E-state index contributed by atoms with van der Waals surface area (Å²) in [6.07, 6.45) is 2.54. The zero-order chi connectivity index (χ0) is 15.7. The Kier molecular flexibility index (Phi) is 4.02. The molecule has 22 heavy (non-hydrogen) atoms. The van der Waals surface area contributed by atoms with Gasteiger partial charge < -0.3 is 9.47 Å². The number of hydrogen-bond donors (Lipinski definition) is 0. The Morgan fingerprint density at radius 3 is 2.82 bits per heavy atom. The second kappa shape index (κ2) is 5.96. The highest BCUT2D eigenvalue weighted by molar-refractivity contribution is 7.13. The van der Waals surface area contributed by atoms with Crippen molar-refractivity contribution in [3.63, 3.8) is 0 Å². The first-order valence-electron chi connectivity index (χ1n) is 7.04. The number of rotatable bonds is 5. The van der Waals surface area contributed by atoms with E-state index >= 15 is 0 Å². The number of nitrogens with zero attached hydrogens (tertiary/aromatic N) is 2. The lowest BCUT2D eigenvalue weighted by Gasteiger charge is -2.14. The quantitative estimate of drug-likeness (QED) is 0.850. The van der Waals surface area contributed by atoms with Gasteiger partial charge in [-0.15, -0.1) is 11.3 Å². The van der Waals surface area contributed by atoms with Gasteiger partial charge in [-0.2, -0.15) is 0 Å². The lowest BCUT2D eigenvalue weighted by Crippen LogP contribution is -2.28. The molecule has 1 aromatic carbocycles. The van der Waals surface area contributed by atoms with Gasteiger partial charge in [0, 0.05) is 36.0 Å². The fourth-order valence-corrected chi connectivity index (χ4v) is 3.28. The van der Waals surface area contributed by atoms with E-state index in [4.69, 9.17) is 9.47 Å². The molecule has 1 aliphatic rings. The molecule has 1 aromatic heterocycles. The average Bonchev–Trinajstić information content (AvgIpc) is 3.16. The van der Waals surface area contributed by atoms with Gasteiger partial charge in [0.2, 0.25) is 5.91 Å². The smallest absolute Gasteiger partial charge is 0.232 e. The molecule has 1 aliphatic carbocycles. The highest BCUT2D eigenvalue weighted by Gasteiger charge is 2.47. The SMILES string of the molecule is COc1ccc(OC)c([C@@H]2C[C@@H]2C(=O)N(C)c2nccs2)c1. The molecule has 0 N–H and O–H groups in total. The second-order valence-corrected chi connectivity index (χ2v) is 6.14. The monoisotopic (exact) mass is 318 g/mol. The van der Waals surface area contributed by atoms with Crippen LogP contribution in [0, 0.1) is 5.92 Å². The van der Waals surface area contributed by atoms with Crippen LogP contribution in [-0.2, 0) is 4.79 Å². The third kappa shape index (κ3) is 2.66. The van der Waals surface area contributed by atoms with Crippen molar-refractivity contribution in [2.45, 2.75) is 12.3 Å². The van der Waals surface area contributed by atoms with E-state index in [1.54, 1.807) is 32.4 Å². The molecule has 6 heteroatoms. The van der Waals surface area contributed by atoms with E-state index in [0.717, 1.165) is 28.6 Å². The molecule has 116 valence electrons. The molecule has 5 nitrogen and oxygen atoms in total. The summed E-state index contributed by atoms with van der Waals surface area (Å²) in [5, 5.41) is 2.60. The van der Waals surface area contributed by atoms with Crippen LogP contribution in [0.2, 0.25) is 0 Å². The van der Waals surface area contributed by atoms with Crippen molar-refractivity contribution in [3.05, 3.63) is 35.3 Å². The first-order valence-corrected chi connectivity index (χ1v) is 7.92. The van der Waals surface area contributed by atoms with Crippen LogP contribution < -0.4 is 14.4 Å². The Labute approximate surface area is 133 Å². The molecular formula is C16H18N2O3S. The Hall–Kier alpha value is -2.08. The van der Waals surface area contributed by atoms with Crippen molar-refractivity contribution in [1.82, 2.24) is 4.98 Å². The van der Waals surface area contributed by atoms with Crippen molar-refractivity contribution >= 4 is 22.4 Å². The Bertz CT molecular complexity index is 672. The molecule has 0 saturated heterocycles. The molecule has 2 aromatic rings. The number of amides is 1. The number of hydrogen-bond acceptors (Lipinski definition) is 5. The van der Waals surface area contributed by atoms with E-state index < -0.39 is 0 Å². The van der Waals surface area contributed by atoms with Crippen LogP contribution in [0.5, 0.6) is 11.5 Å². The number of carbonyl (C=O) groups is 1. The summed E-state index contributed by atoms with van der Waals surface area (Å²) >= 11 is 1.46. The third-order valence-corrected chi connectivity index (χ3v) is 4.83. The minimum Gasteiger partial charge on any atom is -0.497 e. The minimum atomic E-state index is -0.0186. The predicted molar refractivity (Wildman–Crippen MR) is 85.9 cm³/mol. The van der Waals surface area contributed by atoms with E-state index in [1.807, 2.05) is 23.6 Å². The maximum atomic E-state index is 12.6. The highest BCUT2D eigenvalue weighted by Crippen LogP contribution is 2.52. The van der Waals surface area contributed by atoms with Crippen molar-refractivity contribution < 1.29 is 14.3 Å². The van der Waals surface area contributed by atoms with E-state index in [2.05, 4.69) is 4.98 Å². The Morgan fingerprint density at radius 2 is 2.18 bits per heavy atom. The van der Waals surface area contributed by atoms with Crippen LogP contribution in [0.25, 0.3) is 0 Å². The Morgan fingerprint density at radius 1 is 1.36 bits per heavy atom. The van der Waals surface area contributed by atoms with Crippen molar-refractivity contribution in [3.8, 4) is 11.5 Å². The van der Waals surface area contributed by atoms with Crippen LogP contribution >= 0.6 is 11.3 Å². The van der Waals surface area contributed by atoms with Gasteiger partial charge in [-0.25, -0.2) is 4.98 Å². The fraction of sp³-hybridized carbons (Fsp3) is 0.375. The maximum absolute atomic E-state index is 12.6. The summed E-state index contributed by atoms with van der Waals surface area (Å²) in [4.78, 5) is 18.4. The molecule has 1 saturated carbocycles. The van der Waals surface area contributed by atoms with E-state index in [1.165, 1.54) is 11.3 Å². The molecule has 0 unspecified atom stereocenters. The zero-order valence-corrected chi connectivity index (χ0v) is 13.6. The van der Waals surface area contributed by atoms with E-state index in [9.17, 15) is 4.79 Å². The molecule has 0 spiro atoms. The van der Waals surface area contributed by atoms with Crippen LogP contribution in [0.15, 0.2) is 29.8 Å². The molecule has 2 atom stereocenters. The number of anilines is 1. The van der Waals surface area contributed by atoms with Crippen LogP contribution in [-0.4, -0.2) is 32.2 Å². The predicted octanol–water partition coefficient (Wildman–Crippen LogP) is 2.93. The number of methoxy groups -OCH3 is 2. The van der Waals surface area contributed by atoms with Crippen molar-refractivity contribution in [2.24, 2.45) is 5.92 Å². The summed E-state index contributed by atoms with van der Waals surface area (Å²) in [5.74, 6) is 1.85. The standard InChI is InChI=1S/C16H18N2O3S/c1-18(16-17-6-7-22-16)15(19)13-9-11(13)12-8-10(20-2)4-5-14(12)21-3/h4-8,11,13H,9H2,1-3H3/t11-,13-/m0/s1. The lowest BCUT2D eigenvalue weighted by molar-refractivity contribution is -0.119. The van der Waals surface area contributed by atoms with Gasteiger partial charge in [-0.1, -0.05) is 0 Å². The number of aromatic nitrogens is 1. The van der Waals surface area contributed by atoms with Crippen LogP contribution in [0.3, 0.4) is 0 Å². The Balaban J connectivity index is 1.78. The van der Waals surface area contributed by atoms with Gasteiger partial charge in [0.1, 0.15) is 11.5 Å². The number of ether oxygens (including phenoxy) is 2. The van der Waals surface area contributed by atoms with E-state index in [0.29, 0.717) is 0 Å². The van der Waals surface area contributed by atoms with Gasteiger partial charge in [0.15, 0.2) is 5.13 Å². The number of carbonyl (C=O) groups excluding carboxylic acids is 1. The van der Waals surface area contributed by atoms with E-state index in [-0.39, 0.29) is 17.7 Å². The van der Waals surface area contributed by atoms with Crippen molar-refractivity contribution in [2.75, 3.05) is 26.2 Å². The lowest BCUT2D eigenvalue weighted by atomic mass is 10.1. The molecular weight excluding hydrogens is 300 g/mol. The minimum absolute atomic E-state index is 0.0186. The van der Waals surface area contributed by atoms with Gasteiger partial charge >= 0.3 is 0 Å². The number of thiazole rings is 1. The summed E-state index contributed by atoms with van der Waals surface area (Å²) < 4.78 is 10.7. The largest absolute Gasteiger partial charge is 0.497 e. The molecule has 0 bridgehead atoms. The topological polar surface area (TPSA) is 51.7 Å². The average molecular weight is 318 g/mol. The zero-order valence-electron chi connectivity index (χ0n) is 12.8. The molecule has 1 fully saturated rings. The first-order chi connectivity index (χ1) is 10.7. The summed E-state index contributed by atoms with van der Waals surface area (Å²) in [5.41, 5.74) is 1.03. The molecule has 0 radical (unpaired) electrons. The first kappa shape index (κ1) is 14.8.